The Morgan fingerprint density at radius 2 is 2.00 bits per heavy atom. The molecule has 8 nitrogen and oxygen atoms in total. The van der Waals surface area contributed by atoms with E-state index in [2.05, 4.69) is 5.32 Å². The molecule has 0 spiro atoms. The van der Waals surface area contributed by atoms with Crippen molar-refractivity contribution in [2.45, 2.75) is 12.8 Å². The number of aryl methyl sites for hydroxylation is 1. The summed E-state index contributed by atoms with van der Waals surface area (Å²) in [6.07, 6.45) is 2.70. The van der Waals surface area contributed by atoms with E-state index in [0.29, 0.717) is 18.7 Å². The molecule has 0 bridgehead atoms. The summed E-state index contributed by atoms with van der Waals surface area (Å²) in [6.45, 7) is 0.706. The standard InChI is InChI=1S/C16H16N4O4/c1-18-10-13(20(23)24)9-14(18)16(22)17-11-4-6-12(7-5-11)19-8-2-3-15(19)21/h4-7,9-10H,2-3,8H2,1H3,(H,17,22). The monoisotopic (exact) mass is 328 g/mol. The summed E-state index contributed by atoms with van der Waals surface area (Å²) in [5, 5.41) is 13.5. The van der Waals surface area contributed by atoms with E-state index in [1.54, 1.807) is 36.2 Å². The molecule has 3 rings (SSSR count). The molecule has 1 aliphatic heterocycles. The molecule has 0 saturated carbocycles. The summed E-state index contributed by atoms with van der Waals surface area (Å²) in [7, 11) is 1.57. The van der Waals surface area contributed by atoms with Crippen LogP contribution in [0.2, 0.25) is 0 Å². The van der Waals surface area contributed by atoms with Gasteiger partial charge < -0.3 is 14.8 Å². The van der Waals surface area contributed by atoms with Gasteiger partial charge in [0.1, 0.15) is 5.69 Å². The van der Waals surface area contributed by atoms with Crippen LogP contribution in [0.1, 0.15) is 23.3 Å². The van der Waals surface area contributed by atoms with E-state index in [1.807, 2.05) is 0 Å². The number of carbonyl (C=O) groups excluding carboxylic acids is 2. The lowest BCUT2D eigenvalue weighted by Gasteiger charge is -2.16. The number of hydrogen-bond acceptors (Lipinski definition) is 4. The van der Waals surface area contributed by atoms with Crippen LogP contribution in [0.4, 0.5) is 17.1 Å². The molecule has 1 saturated heterocycles. The van der Waals surface area contributed by atoms with Gasteiger partial charge in [0.05, 0.1) is 11.1 Å². The molecule has 0 aliphatic carbocycles. The summed E-state index contributed by atoms with van der Waals surface area (Å²) < 4.78 is 1.41. The molecule has 2 heterocycles. The van der Waals surface area contributed by atoms with Crippen molar-refractivity contribution in [1.82, 2.24) is 4.57 Å². The van der Waals surface area contributed by atoms with Crippen molar-refractivity contribution in [3.8, 4) is 0 Å². The SMILES string of the molecule is Cn1cc([N+](=O)[O-])cc1C(=O)Nc1ccc(N2CCCC2=O)cc1. The Hall–Kier alpha value is -3.16. The first-order valence-electron chi connectivity index (χ1n) is 7.48. The fourth-order valence-corrected chi connectivity index (χ4v) is 2.71. The van der Waals surface area contributed by atoms with Crippen molar-refractivity contribution in [2.24, 2.45) is 7.05 Å². The maximum absolute atomic E-state index is 12.2. The van der Waals surface area contributed by atoms with E-state index in [9.17, 15) is 19.7 Å². The van der Waals surface area contributed by atoms with E-state index < -0.39 is 10.8 Å². The van der Waals surface area contributed by atoms with E-state index in [4.69, 9.17) is 0 Å². The Bertz CT molecular complexity index is 810. The summed E-state index contributed by atoms with van der Waals surface area (Å²) in [5.74, 6) is -0.335. The van der Waals surface area contributed by atoms with E-state index in [-0.39, 0.29) is 17.3 Å². The number of aromatic nitrogens is 1. The highest BCUT2D eigenvalue weighted by Gasteiger charge is 2.22. The predicted molar refractivity (Wildman–Crippen MR) is 88.0 cm³/mol. The van der Waals surface area contributed by atoms with Crippen LogP contribution >= 0.6 is 0 Å². The van der Waals surface area contributed by atoms with Crippen LogP contribution in [0.25, 0.3) is 0 Å². The highest BCUT2D eigenvalue weighted by Crippen LogP contribution is 2.23. The molecule has 24 heavy (non-hydrogen) atoms. The van der Waals surface area contributed by atoms with Gasteiger partial charge in [-0.05, 0) is 30.7 Å². The molecule has 0 atom stereocenters. The average Bonchev–Trinajstić information content (AvgIpc) is 3.14. The van der Waals surface area contributed by atoms with Gasteiger partial charge in [-0.3, -0.25) is 19.7 Å². The first kappa shape index (κ1) is 15.7. The minimum atomic E-state index is -0.543. The summed E-state index contributed by atoms with van der Waals surface area (Å²) >= 11 is 0. The lowest BCUT2D eigenvalue weighted by Crippen LogP contribution is -2.23. The highest BCUT2D eigenvalue weighted by atomic mass is 16.6. The van der Waals surface area contributed by atoms with Gasteiger partial charge in [0.2, 0.25) is 5.91 Å². The van der Waals surface area contributed by atoms with Crippen LogP contribution in [0, 0.1) is 10.1 Å². The molecule has 124 valence electrons. The zero-order valence-electron chi connectivity index (χ0n) is 13.1. The second kappa shape index (κ2) is 6.15. The molecule has 1 aromatic carbocycles. The number of nitrogens with zero attached hydrogens (tertiary/aromatic N) is 3. The molecule has 2 amide bonds. The smallest absolute Gasteiger partial charge is 0.287 e. The lowest BCUT2D eigenvalue weighted by molar-refractivity contribution is -0.384. The molecule has 1 fully saturated rings. The van der Waals surface area contributed by atoms with Crippen LogP contribution in [0.15, 0.2) is 36.5 Å². The molecule has 1 aliphatic rings. The van der Waals surface area contributed by atoms with E-state index in [1.165, 1.54) is 16.8 Å². The highest BCUT2D eigenvalue weighted by molar-refractivity contribution is 6.04. The van der Waals surface area contributed by atoms with Gasteiger partial charge in [-0.2, -0.15) is 0 Å². The predicted octanol–water partition coefficient (Wildman–Crippen LogP) is 2.31. The lowest BCUT2D eigenvalue weighted by atomic mass is 10.2. The minimum absolute atomic E-state index is 0.0999. The molecular weight excluding hydrogens is 312 g/mol. The fraction of sp³-hybridized carbons (Fsp3) is 0.250. The molecule has 0 unspecified atom stereocenters. The first-order chi connectivity index (χ1) is 11.5. The van der Waals surface area contributed by atoms with Crippen molar-refractivity contribution >= 4 is 28.9 Å². The van der Waals surface area contributed by atoms with Gasteiger partial charge in [-0.25, -0.2) is 0 Å². The molecular formula is C16H16N4O4. The van der Waals surface area contributed by atoms with Crippen LogP contribution in [0.3, 0.4) is 0 Å². The molecule has 1 N–H and O–H groups in total. The van der Waals surface area contributed by atoms with Gasteiger partial charge in [-0.15, -0.1) is 0 Å². The summed E-state index contributed by atoms with van der Waals surface area (Å²) in [6, 6.07) is 8.18. The third kappa shape index (κ3) is 2.98. The average molecular weight is 328 g/mol. The maximum atomic E-state index is 12.2. The van der Waals surface area contributed by atoms with Crippen molar-refractivity contribution in [1.29, 1.82) is 0 Å². The molecule has 8 heteroatoms. The Morgan fingerprint density at radius 3 is 2.54 bits per heavy atom. The van der Waals surface area contributed by atoms with Crippen molar-refractivity contribution in [3.63, 3.8) is 0 Å². The second-order valence-electron chi connectivity index (χ2n) is 5.60. The van der Waals surface area contributed by atoms with Crippen molar-refractivity contribution in [3.05, 3.63) is 52.3 Å². The van der Waals surface area contributed by atoms with Crippen molar-refractivity contribution < 1.29 is 14.5 Å². The molecule has 1 aromatic heterocycles. The zero-order chi connectivity index (χ0) is 17.3. The number of hydrogen-bond donors (Lipinski definition) is 1. The van der Waals surface area contributed by atoms with Crippen LogP contribution in [-0.4, -0.2) is 27.8 Å². The number of amides is 2. The number of benzene rings is 1. The Labute approximate surface area is 137 Å². The second-order valence-corrected chi connectivity index (χ2v) is 5.60. The van der Waals surface area contributed by atoms with Gasteiger partial charge in [-0.1, -0.05) is 0 Å². The summed E-state index contributed by atoms with van der Waals surface area (Å²) in [5.41, 5.74) is 1.41. The maximum Gasteiger partial charge on any atom is 0.287 e. The van der Waals surface area contributed by atoms with Crippen LogP contribution in [-0.2, 0) is 11.8 Å². The largest absolute Gasteiger partial charge is 0.340 e. The fourth-order valence-electron chi connectivity index (χ4n) is 2.71. The first-order valence-corrected chi connectivity index (χ1v) is 7.48. The summed E-state index contributed by atoms with van der Waals surface area (Å²) in [4.78, 5) is 35.9. The number of anilines is 2. The normalized spacial score (nSPS) is 14.0. The van der Waals surface area contributed by atoms with Crippen LogP contribution in [0.5, 0.6) is 0 Å². The topological polar surface area (TPSA) is 97.5 Å². The van der Waals surface area contributed by atoms with Gasteiger partial charge in [0.25, 0.3) is 11.6 Å². The van der Waals surface area contributed by atoms with E-state index in [0.717, 1.165) is 12.1 Å². The quantitative estimate of drug-likeness (QED) is 0.688. The number of nitrogens with one attached hydrogen (secondary N) is 1. The van der Waals surface area contributed by atoms with Gasteiger partial charge >= 0.3 is 0 Å². The molecule has 2 aromatic rings. The third-order valence-corrected chi connectivity index (χ3v) is 3.94. The Balaban J connectivity index is 1.73. The minimum Gasteiger partial charge on any atom is -0.340 e. The van der Waals surface area contributed by atoms with Crippen molar-refractivity contribution in [2.75, 3.05) is 16.8 Å². The number of nitro groups is 1. The van der Waals surface area contributed by atoms with Gasteiger partial charge in [0.15, 0.2) is 0 Å². The zero-order valence-corrected chi connectivity index (χ0v) is 13.1. The Morgan fingerprint density at radius 1 is 1.29 bits per heavy atom. The van der Waals surface area contributed by atoms with Crippen LogP contribution < -0.4 is 10.2 Å². The Kier molecular flexibility index (Phi) is 4.03. The molecule has 0 radical (unpaired) electrons. The van der Waals surface area contributed by atoms with E-state index >= 15 is 0 Å². The number of rotatable bonds is 4. The third-order valence-electron chi connectivity index (χ3n) is 3.94. The van der Waals surface area contributed by atoms with Gasteiger partial charge in [0, 0.05) is 37.5 Å². The number of carbonyl (C=O) groups is 2.